The number of ether oxygens (including phenoxy) is 1. The van der Waals surface area contributed by atoms with Crippen molar-refractivity contribution in [2.75, 3.05) is 25.4 Å². The third-order valence-electron chi connectivity index (χ3n) is 2.91. The van der Waals surface area contributed by atoms with E-state index in [1.165, 1.54) is 12.1 Å². The van der Waals surface area contributed by atoms with E-state index < -0.39 is 24.3 Å². The number of nitrogens with one attached hydrogen (secondary N) is 1. The summed E-state index contributed by atoms with van der Waals surface area (Å²) in [5.41, 5.74) is 0.129. The zero-order valence-electron chi connectivity index (χ0n) is 11.9. The van der Waals surface area contributed by atoms with Crippen molar-refractivity contribution in [2.45, 2.75) is 0 Å². The molecule has 0 aromatic heterocycles. The van der Waals surface area contributed by atoms with Crippen molar-refractivity contribution in [1.82, 2.24) is 10.2 Å². The van der Waals surface area contributed by atoms with Crippen molar-refractivity contribution in [3.63, 3.8) is 0 Å². The molecule has 0 bridgehead atoms. The fourth-order valence-corrected chi connectivity index (χ4v) is 2.51. The van der Waals surface area contributed by atoms with Crippen molar-refractivity contribution >= 4 is 34.8 Å². The van der Waals surface area contributed by atoms with Crippen LogP contribution in [0.15, 0.2) is 24.3 Å². The lowest BCUT2D eigenvalue weighted by Gasteiger charge is -2.13. The summed E-state index contributed by atoms with van der Waals surface area (Å²) in [4.78, 5) is 46.8. The molecular weight excluding hydrogens is 327 g/mol. The lowest BCUT2D eigenvalue weighted by atomic mass is 10.2. The van der Waals surface area contributed by atoms with Crippen molar-refractivity contribution in [2.24, 2.45) is 0 Å². The molecule has 1 N–H and O–H groups in total. The van der Waals surface area contributed by atoms with Gasteiger partial charge in [-0.1, -0.05) is 11.8 Å². The minimum atomic E-state index is -0.749. The summed E-state index contributed by atoms with van der Waals surface area (Å²) in [7, 11) is 0. The Hall–Kier alpha value is -2.42. The van der Waals surface area contributed by atoms with Crippen LogP contribution >= 0.6 is 11.8 Å². The lowest BCUT2D eigenvalue weighted by Crippen LogP contribution is -2.38. The van der Waals surface area contributed by atoms with Crippen LogP contribution in [0.3, 0.4) is 0 Å². The van der Waals surface area contributed by atoms with E-state index in [0.29, 0.717) is 0 Å². The van der Waals surface area contributed by atoms with Gasteiger partial charge in [0.25, 0.3) is 11.1 Å². The summed E-state index contributed by atoms with van der Waals surface area (Å²) < 4.78 is 17.5. The van der Waals surface area contributed by atoms with Crippen LogP contribution in [0.5, 0.6) is 0 Å². The highest BCUT2D eigenvalue weighted by molar-refractivity contribution is 8.14. The average Bonchev–Trinajstić information content (AvgIpc) is 2.85. The Balaban J connectivity index is 1.69. The van der Waals surface area contributed by atoms with E-state index >= 15 is 0 Å². The molecule has 1 saturated heterocycles. The number of halogens is 1. The second-order valence-corrected chi connectivity index (χ2v) is 5.46. The van der Waals surface area contributed by atoms with Crippen LogP contribution in [0.2, 0.25) is 0 Å². The summed E-state index contributed by atoms with van der Waals surface area (Å²) in [6.45, 7) is -0.361. The van der Waals surface area contributed by atoms with Gasteiger partial charge in [-0.25, -0.2) is 9.18 Å². The molecule has 0 unspecified atom stereocenters. The number of nitrogens with zero attached hydrogens (tertiary/aromatic N) is 1. The molecule has 0 aliphatic carbocycles. The maximum atomic E-state index is 12.7. The summed E-state index contributed by atoms with van der Waals surface area (Å²) in [5, 5.41) is 2.09. The van der Waals surface area contributed by atoms with Crippen molar-refractivity contribution < 1.29 is 28.3 Å². The molecule has 0 saturated carbocycles. The van der Waals surface area contributed by atoms with Gasteiger partial charge in [-0.3, -0.25) is 19.3 Å². The van der Waals surface area contributed by atoms with Crippen LogP contribution in [-0.2, 0) is 14.3 Å². The van der Waals surface area contributed by atoms with Gasteiger partial charge in [0.15, 0.2) is 6.61 Å². The summed E-state index contributed by atoms with van der Waals surface area (Å²) >= 11 is 0.914. The van der Waals surface area contributed by atoms with Crippen LogP contribution in [-0.4, -0.2) is 53.4 Å². The zero-order chi connectivity index (χ0) is 16.8. The van der Waals surface area contributed by atoms with Gasteiger partial charge in [-0.15, -0.1) is 0 Å². The van der Waals surface area contributed by atoms with E-state index in [2.05, 4.69) is 5.32 Å². The largest absolute Gasteiger partial charge is 0.452 e. The van der Waals surface area contributed by atoms with Crippen LogP contribution in [0.1, 0.15) is 10.4 Å². The highest BCUT2D eigenvalue weighted by Gasteiger charge is 2.29. The molecule has 3 amide bonds. The van der Waals surface area contributed by atoms with Crippen molar-refractivity contribution in [1.29, 1.82) is 0 Å². The van der Waals surface area contributed by atoms with E-state index in [4.69, 9.17) is 4.74 Å². The molecule has 1 fully saturated rings. The second-order valence-electron chi connectivity index (χ2n) is 4.53. The molecule has 7 nitrogen and oxygen atoms in total. The summed E-state index contributed by atoms with van der Waals surface area (Å²) in [6, 6.07) is 4.72. The van der Waals surface area contributed by atoms with Gasteiger partial charge in [0.2, 0.25) is 5.91 Å². The first-order valence-corrected chi connectivity index (χ1v) is 7.62. The maximum Gasteiger partial charge on any atom is 0.338 e. The first-order chi connectivity index (χ1) is 11.0. The number of hydrogen-bond donors (Lipinski definition) is 1. The monoisotopic (exact) mass is 340 g/mol. The predicted octanol–water partition coefficient (Wildman–Crippen LogP) is 0.794. The Bertz CT molecular complexity index is 619. The molecule has 1 aromatic rings. The Morgan fingerprint density at radius 3 is 2.57 bits per heavy atom. The van der Waals surface area contributed by atoms with Crippen molar-refractivity contribution in [3.8, 4) is 0 Å². The van der Waals surface area contributed by atoms with Crippen LogP contribution in [0.25, 0.3) is 0 Å². The van der Waals surface area contributed by atoms with Crippen LogP contribution in [0, 0.1) is 5.82 Å². The Morgan fingerprint density at radius 2 is 1.96 bits per heavy atom. The first-order valence-electron chi connectivity index (χ1n) is 6.64. The van der Waals surface area contributed by atoms with Gasteiger partial charge < -0.3 is 10.1 Å². The molecule has 1 aliphatic rings. The smallest absolute Gasteiger partial charge is 0.338 e. The van der Waals surface area contributed by atoms with Gasteiger partial charge in [0, 0.05) is 13.1 Å². The van der Waals surface area contributed by atoms with Crippen LogP contribution < -0.4 is 5.32 Å². The quantitative estimate of drug-likeness (QED) is 0.770. The normalized spacial score (nSPS) is 14.0. The molecule has 23 heavy (non-hydrogen) atoms. The van der Waals surface area contributed by atoms with E-state index in [1.54, 1.807) is 0 Å². The number of thioether (sulfide) groups is 1. The van der Waals surface area contributed by atoms with Crippen molar-refractivity contribution in [3.05, 3.63) is 35.6 Å². The zero-order valence-corrected chi connectivity index (χ0v) is 12.7. The molecule has 122 valence electrons. The minimum Gasteiger partial charge on any atom is -0.452 e. The second kappa shape index (κ2) is 7.73. The predicted molar refractivity (Wildman–Crippen MR) is 79.3 cm³/mol. The number of carbonyl (C=O) groups is 4. The molecule has 9 heteroatoms. The number of rotatable bonds is 6. The SMILES string of the molecule is O=C(COC(=O)c1ccc(F)cc1)NCCN1C(=O)CSC1=O. The molecule has 0 radical (unpaired) electrons. The first kappa shape index (κ1) is 16.9. The van der Waals surface area contributed by atoms with Gasteiger partial charge in [-0.05, 0) is 24.3 Å². The Morgan fingerprint density at radius 1 is 1.26 bits per heavy atom. The van der Waals surface area contributed by atoms with Gasteiger partial charge in [0.1, 0.15) is 5.82 Å². The molecule has 2 rings (SSSR count). The number of benzene rings is 1. The topological polar surface area (TPSA) is 92.8 Å². The molecule has 1 aliphatic heterocycles. The average molecular weight is 340 g/mol. The lowest BCUT2D eigenvalue weighted by molar-refractivity contribution is -0.126. The highest BCUT2D eigenvalue weighted by atomic mass is 32.2. The molecular formula is C14H13FN2O5S. The number of esters is 1. The number of carbonyl (C=O) groups excluding carboxylic acids is 4. The summed E-state index contributed by atoms with van der Waals surface area (Å²) in [6.07, 6.45) is 0. The minimum absolute atomic E-state index is 0.0717. The molecule has 0 atom stereocenters. The summed E-state index contributed by atoms with van der Waals surface area (Å²) in [5.74, 6) is -1.98. The maximum absolute atomic E-state index is 12.7. The van der Waals surface area contributed by atoms with E-state index in [1.807, 2.05) is 0 Å². The van der Waals surface area contributed by atoms with Gasteiger partial charge >= 0.3 is 5.97 Å². The van der Waals surface area contributed by atoms with E-state index in [9.17, 15) is 23.6 Å². The fourth-order valence-electron chi connectivity index (χ4n) is 1.76. The molecule has 1 heterocycles. The standard InChI is InChI=1S/C14H13FN2O5S/c15-10-3-1-9(2-4-10)13(20)22-7-11(18)16-5-6-17-12(19)8-23-14(17)21/h1-4H,5-8H2,(H,16,18). The molecule has 1 aromatic carbocycles. The number of imide groups is 1. The Kier molecular flexibility index (Phi) is 5.69. The third kappa shape index (κ3) is 4.78. The Labute approximate surface area is 135 Å². The number of amides is 3. The fraction of sp³-hybridized carbons (Fsp3) is 0.286. The number of hydrogen-bond acceptors (Lipinski definition) is 6. The molecule has 0 spiro atoms. The van der Waals surface area contributed by atoms with Gasteiger partial charge in [0.05, 0.1) is 11.3 Å². The highest BCUT2D eigenvalue weighted by Crippen LogP contribution is 2.17. The van der Waals surface area contributed by atoms with E-state index in [-0.39, 0.29) is 35.6 Å². The van der Waals surface area contributed by atoms with Gasteiger partial charge in [-0.2, -0.15) is 0 Å². The van der Waals surface area contributed by atoms with E-state index in [0.717, 1.165) is 28.8 Å². The third-order valence-corrected chi connectivity index (χ3v) is 3.77. The van der Waals surface area contributed by atoms with Crippen LogP contribution in [0.4, 0.5) is 9.18 Å².